The van der Waals surface area contributed by atoms with E-state index in [0.29, 0.717) is 17.9 Å². The molecule has 0 fully saturated rings. The fraction of sp³-hybridized carbons (Fsp3) is 0.350. The van der Waals surface area contributed by atoms with Crippen LogP contribution in [0.15, 0.2) is 48.5 Å². The van der Waals surface area contributed by atoms with Gasteiger partial charge in [-0.25, -0.2) is 0 Å². The van der Waals surface area contributed by atoms with Crippen molar-refractivity contribution in [3.8, 4) is 17.2 Å². The summed E-state index contributed by atoms with van der Waals surface area (Å²) in [5, 5.41) is 3.11. The number of nitrogens with one attached hydrogen (secondary N) is 1. The first-order valence-electron chi connectivity index (χ1n) is 8.49. The van der Waals surface area contributed by atoms with E-state index in [9.17, 15) is 4.79 Å². The molecule has 0 unspecified atom stereocenters. The van der Waals surface area contributed by atoms with Gasteiger partial charge in [0.25, 0.3) is 5.91 Å². The topological polar surface area (TPSA) is 56.8 Å². The SMILES string of the molecule is CC1(C)C[C@@H](NC(=O)[C@@H]2COc3ccccc3O2)c2ccccc2O1. The van der Waals surface area contributed by atoms with Gasteiger partial charge in [0, 0.05) is 12.0 Å². The molecule has 0 bridgehead atoms. The molecular formula is C20H21NO4. The Morgan fingerprint density at radius 3 is 2.52 bits per heavy atom. The Morgan fingerprint density at radius 1 is 1.04 bits per heavy atom. The molecule has 130 valence electrons. The number of fused-ring (bicyclic) bond motifs is 2. The van der Waals surface area contributed by atoms with Crippen molar-refractivity contribution in [1.29, 1.82) is 0 Å². The minimum atomic E-state index is -0.659. The molecule has 2 aliphatic rings. The van der Waals surface area contributed by atoms with Crippen LogP contribution >= 0.6 is 0 Å². The van der Waals surface area contributed by atoms with Crippen LogP contribution < -0.4 is 19.5 Å². The van der Waals surface area contributed by atoms with Crippen LogP contribution in [0.1, 0.15) is 31.9 Å². The van der Waals surface area contributed by atoms with Gasteiger partial charge in [-0.15, -0.1) is 0 Å². The van der Waals surface area contributed by atoms with Crippen LogP contribution in [0.25, 0.3) is 0 Å². The number of benzene rings is 2. The van der Waals surface area contributed by atoms with Crippen molar-refractivity contribution in [1.82, 2.24) is 5.32 Å². The molecule has 0 aliphatic carbocycles. The Balaban J connectivity index is 1.52. The summed E-state index contributed by atoms with van der Waals surface area (Å²) in [5.41, 5.74) is 0.648. The van der Waals surface area contributed by atoms with Gasteiger partial charge < -0.3 is 19.5 Å². The maximum absolute atomic E-state index is 12.7. The largest absolute Gasteiger partial charge is 0.487 e. The van der Waals surface area contributed by atoms with Crippen LogP contribution in [0.5, 0.6) is 17.2 Å². The zero-order chi connectivity index (χ0) is 17.4. The summed E-state index contributed by atoms with van der Waals surface area (Å²) >= 11 is 0. The number of para-hydroxylation sites is 3. The highest BCUT2D eigenvalue weighted by Crippen LogP contribution is 2.39. The van der Waals surface area contributed by atoms with E-state index < -0.39 is 6.10 Å². The summed E-state index contributed by atoms with van der Waals surface area (Å²) in [6.45, 7) is 4.26. The zero-order valence-corrected chi connectivity index (χ0v) is 14.3. The number of ether oxygens (including phenoxy) is 3. The minimum Gasteiger partial charge on any atom is -0.487 e. The minimum absolute atomic E-state index is 0.117. The third-order valence-corrected chi connectivity index (χ3v) is 4.49. The lowest BCUT2D eigenvalue weighted by molar-refractivity contribution is -0.131. The summed E-state index contributed by atoms with van der Waals surface area (Å²) in [4.78, 5) is 12.7. The number of carbonyl (C=O) groups is 1. The van der Waals surface area contributed by atoms with E-state index in [2.05, 4.69) is 5.32 Å². The van der Waals surface area contributed by atoms with Crippen LogP contribution in [0, 0.1) is 0 Å². The van der Waals surface area contributed by atoms with Crippen molar-refractivity contribution in [2.24, 2.45) is 0 Å². The van der Waals surface area contributed by atoms with Crippen molar-refractivity contribution >= 4 is 5.91 Å². The first-order chi connectivity index (χ1) is 12.0. The molecule has 25 heavy (non-hydrogen) atoms. The van der Waals surface area contributed by atoms with Gasteiger partial charge in [-0.1, -0.05) is 30.3 Å². The second-order valence-electron chi connectivity index (χ2n) is 7.03. The van der Waals surface area contributed by atoms with E-state index in [1.54, 1.807) is 0 Å². The Kier molecular flexibility index (Phi) is 3.79. The standard InChI is InChI=1S/C20H21NO4/c1-20(2)11-14(13-7-3-4-8-15(13)25-20)21-19(22)18-12-23-16-9-5-6-10-17(16)24-18/h3-10,14,18H,11-12H2,1-2H3,(H,21,22)/t14-,18+/m1/s1. The molecule has 5 heteroatoms. The maximum atomic E-state index is 12.7. The number of hydrogen-bond donors (Lipinski definition) is 1. The molecule has 2 atom stereocenters. The lowest BCUT2D eigenvalue weighted by Crippen LogP contribution is -2.48. The lowest BCUT2D eigenvalue weighted by atomic mass is 9.89. The first-order valence-corrected chi connectivity index (χ1v) is 8.49. The molecule has 0 saturated carbocycles. The molecule has 0 aromatic heterocycles. The third-order valence-electron chi connectivity index (χ3n) is 4.49. The van der Waals surface area contributed by atoms with Gasteiger partial charge in [-0.3, -0.25) is 4.79 Å². The van der Waals surface area contributed by atoms with Gasteiger partial charge in [0.1, 0.15) is 18.0 Å². The third kappa shape index (κ3) is 3.14. The monoisotopic (exact) mass is 339 g/mol. The van der Waals surface area contributed by atoms with Crippen molar-refractivity contribution < 1.29 is 19.0 Å². The second kappa shape index (κ2) is 5.99. The Labute approximate surface area is 146 Å². The van der Waals surface area contributed by atoms with Gasteiger partial charge in [-0.05, 0) is 32.0 Å². The fourth-order valence-corrected chi connectivity index (χ4v) is 3.34. The normalized spacial score (nSPS) is 23.1. The number of carbonyl (C=O) groups excluding carboxylic acids is 1. The summed E-state index contributed by atoms with van der Waals surface area (Å²) in [5.74, 6) is 1.91. The van der Waals surface area contributed by atoms with E-state index >= 15 is 0 Å². The van der Waals surface area contributed by atoms with E-state index in [-0.39, 0.29) is 24.2 Å². The van der Waals surface area contributed by atoms with Crippen LogP contribution in [-0.2, 0) is 4.79 Å². The number of amides is 1. The quantitative estimate of drug-likeness (QED) is 0.912. The molecule has 1 N–H and O–H groups in total. The van der Waals surface area contributed by atoms with Crippen LogP contribution in [0.4, 0.5) is 0 Å². The molecular weight excluding hydrogens is 318 g/mol. The van der Waals surface area contributed by atoms with Gasteiger partial charge in [-0.2, -0.15) is 0 Å². The smallest absolute Gasteiger partial charge is 0.265 e. The van der Waals surface area contributed by atoms with Crippen molar-refractivity contribution in [2.75, 3.05) is 6.61 Å². The van der Waals surface area contributed by atoms with Crippen molar-refractivity contribution in [2.45, 2.75) is 38.0 Å². The van der Waals surface area contributed by atoms with Gasteiger partial charge >= 0.3 is 0 Å². The molecule has 2 aliphatic heterocycles. The first kappa shape index (κ1) is 15.8. The fourth-order valence-electron chi connectivity index (χ4n) is 3.34. The predicted molar refractivity (Wildman–Crippen MR) is 93.0 cm³/mol. The van der Waals surface area contributed by atoms with Crippen LogP contribution in [0.2, 0.25) is 0 Å². The number of hydrogen-bond acceptors (Lipinski definition) is 4. The molecule has 0 radical (unpaired) electrons. The highest BCUT2D eigenvalue weighted by molar-refractivity contribution is 5.82. The Hall–Kier alpha value is -2.69. The van der Waals surface area contributed by atoms with Crippen molar-refractivity contribution in [3.63, 3.8) is 0 Å². The zero-order valence-electron chi connectivity index (χ0n) is 14.3. The maximum Gasteiger partial charge on any atom is 0.265 e. The average molecular weight is 339 g/mol. The Morgan fingerprint density at radius 2 is 1.72 bits per heavy atom. The van der Waals surface area contributed by atoms with Gasteiger partial charge in [0.15, 0.2) is 11.5 Å². The van der Waals surface area contributed by atoms with E-state index in [4.69, 9.17) is 14.2 Å². The summed E-state index contributed by atoms with van der Waals surface area (Å²) in [6, 6.07) is 15.1. The average Bonchev–Trinajstić information content (AvgIpc) is 2.60. The molecule has 0 spiro atoms. The predicted octanol–water partition coefficient (Wildman–Crippen LogP) is 3.25. The van der Waals surface area contributed by atoms with Crippen LogP contribution in [-0.4, -0.2) is 24.2 Å². The highest BCUT2D eigenvalue weighted by Gasteiger charge is 2.36. The molecule has 5 nitrogen and oxygen atoms in total. The van der Waals surface area contributed by atoms with Crippen LogP contribution in [0.3, 0.4) is 0 Å². The molecule has 2 aromatic carbocycles. The highest BCUT2D eigenvalue weighted by atomic mass is 16.6. The summed E-state index contributed by atoms with van der Waals surface area (Å²) in [7, 11) is 0. The van der Waals surface area contributed by atoms with Gasteiger partial charge in [0.05, 0.1) is 6.04 Å². The summed E-state index contributed by atoms with van der Waals surface area (Å²) < 4.78 is 17.5. The van der Waals surface area contributed by atoms with Crippen molar-refractivity contribution in [3.05, 3.63) is 54.1 Å². The van der Waals surface area contributed by atoms with Gasteiger partial charge in [0.2, 0.25) is 6.10 Å². The van der Waals surface area contributed by atoms with E-state index in [0.717, 1.165) is 11.3 Å². The summed E-state index contributed by atoms with van der Waals surface area (Å²) in [6.07, 6.45) is 0.0351. The second-order valence-corrected chi connectivity index (χ2v) is 7.03. The molecule has 4 rings (SSSR count). The molecule has 1 amide bonds. The molecule has 2 heterocycles. The lowest BCUT2D eigenvalue weighted by Gasteiger charge is -2.38. The van der Waals surface area contributed by atoms with E-state index in [1.807, 2.05) is 62.4 Å². The number of rotatable bonds is 2. The molecule has 0 saturated heterocycles. The van der Waals surface area contributed by atoms with E-state index in [1.165, 1.54) is 0 Å². The molecule has 2 aromatic rings. The Bertz CT molecular complexity index is 802.